The Kier molecular flexibility index (Phi) is 4.26. The van der Waals surface area contributed by atoms with Crippen LogP contribution in [0.4, 0.5) is 0 Å². The van der Waals surface area contributed by atoms with Gasteiger partial charge in [0, 0.05) is 16.8 Å². The van der Waals surface area contributed by atoms with Crippen LogP contribution in [0.1, 0.15) is 37.9 Å². The van der Waals surface area contributed by atoms with Crippen molar-refractivity contribution in [3.05, 3.63) is 76.9 Å². The SMILES string of the molecule is COc1ccc(-n2c(C(Cl)(Cl)Cl)nc3c2C(=O)c2ccccc2C3=O)cc1. The van der Waals surface area contributed by atoms with E-state index >= 15 is 0 Å². The summed E-state index contributed by atoms with van der Waals surface area (Å²) >= 11 is 18.3. The second-order valence-corrected chi connectivity index (χ2v) is 8.15. The van der Waals surface area contributed by atoms with Gasteiger partial charge >= 0.3 is 0 Å². The largest absolute Gasteiger partial charge is 0.497 e. The predicted molar refractivity (Wildman–Crippen MR) is 103 cm³/mol. The molecule has 8 heteroatoms. The van der Waals surface area contributed by atoms with Crippen LogP contribution in [0.25, 0.3) is 5.69 Å². The van der Waals surface area contributed by atoms with Crippen LogP contribution in [-0.2, 0) is 3.79 Å². The molecule has 0 unspecified atom stereocenters. The van der Waals surface area contributed by atoms with Crippen LogP contribution in [0, 0.1) is 0 Å². The van der Waals surface area contributed by atoms with E-state index in [9.17, 15) is 9.59 Å². The van der Waals surface area contributed by atoms with Crippen LogP contribution in [0.15, 0.2) is 48.5 Å². The van der Waals surface area contributed by atoms with Crippen molar-refractivity contribution in [1.29, 1.82) is 0 Å². The number of hydrogen-bond donors (Lipinski definition) is 0. The van der Waals surface area contributed by atoms with E-state index in [-0.39, 0.29) is 34.3 Å². The highest BCUT2D eigenvalue weighted by Gasteiger charge is 2.40. The maximum Gasteiger partial charge on any atom is 0.248 e. The number of ketones is 2. The lowest BCUT2D eigenvalue weighted by Crippen LogP contribution is -2.23. The summed E-state index contributed by atoms with van der Waals surface area (Å²) < 4.78 is 4.63. The number of imidazole rings is 1. The fourth-order valence-electron chi connectivity index (χ4n) is 3.10. The zero-order valence-electron chi connectivity index (χ0n) is 13.9. The number of nitrogens with zero attached hydrogens (tertiary/aromatic N) is 2. The molecule has 0 amide bonds. The Morgan fingerprint density at radius 3 is 2.07 bits per heavy atom. The van der Waals surface area contributed by atoms with E-state index < -0.39 is 3.79 Å². The molecule has 1 aromatic heterocycles. The Hall–Kier alpha value is -2.34. The third-order valence-corrected chi connectivity index (χ3v) is 4.82. The lowest BCUT2D eigenvalue weighted by Gasteiger charge is -2.18. The van der Waals surface area contributed by atoms with Crippen molar-refractivity contribution in [3.8, 4) is 11.4 Å². The molecule has 0 N–H and O–H groups in total. The van der Waals surface area contributed by atoms with Crippen LogP contribution in [-0.4, -0.2) is 28.2 Å². The minimum absolute atomic E-state index is 0.0304. The van der Waals surface area contributed by atoms with Gasteiger partial charge in [-0.3, -0.25) is 14.2 Å². The third-order valence-electron chi connectivity index (χ3n) is 4.31. The molecule has 0 saturated heterocycles. The van der Waals surface area contributed by atoms with Gasteiger partial charge in [0.1, 0.15) is 17.1 Å². The molecule has 0 radical (unpaired) electrons. The van der Waals surface area contributed by atoms with Crippen molar-refractivity contribution < 1.29 is 14.3 Å². The fourth-order valence-corrected chi connectivity index (χ4v) is 3.48. The number of halogens is 3. The summed E-state index contributed by atoms with van der Waals surface area (Å²) in [6.07, 6.45) is 0. The van der Waals surface area contributed by atoms with Gasteiger partial charge in [-0.1, -0.05) is 59.1 Å². The summed E-state index contributed by atoms with van der Waals surface area (Å²) in [7, 11) is 1.54. The molecule has 136 valence electrons. The van der Waals surface area contributed by atoms with E-state index in [1.165, 1.54) is 4.57 Å². The van der Waals surface area contributed by atoms with Crippen molar-refractivity contribution in [1.82, 2.24) is 9.55 Å². The average molecular weight is 422 g/mol. The molecule has 27 heavy (non-hydrogen) atoms. The van der Waals surface area contributed by atoms with E-state index in [4.69, 9.17) is 39.5 Å². The lowest BCUT2D eigenvalue weighted by molar-refractivity contribution is 0.0972. The van der Waals surface area contributed by atoms with E-state index in [1.54, 1.807) is 55.6 Å². The van der Waals surface area contributed by atoms with Gasteiger partial charge in [0.2, 0.25) is 15.4 Å². The fraction of sp³-hybridized carbons (Fsp3) is 0.105. The minimum atomic E-state index is -1.94. The molecule has 3 aromatic rings. The van der Waals surface area contributed by atoms with Crippen LogP contribution < -0.4 is 4.74 Å². The third kappa shape index (κ3) is 2.83. The molecule has 1 aliphatic rings. The highest BCUT2D eigenvalue weighted by atomic mass is 35.6. The minimum Gasteiger partial charge on any atom is -0.497 e. The highest BCUT2D eigenvalue weighted by molar-refractivity contribution is 6.66. The van der Waals surface area contributed by atoms with Gasteiger partial charge < -0.3 is 4.74 Å². The smallest absolute Gasteiger partial charge is 0.248 e. The van der Waals surface area contributed by atoms with Crippen LogP contribution in [0.3, 0.4) is 0 Å². The van der Waals surface area contributed by atoms with Gasteiger partial charge in [-0.15, -0.1) is 0 Å². The van der Waals surface area contributed by atoms with E-state index in [1.807, 2.05) is 0 Å². The van der Waals surface area contributed by atoms with Gasteiger partial charge in [-0.25, -0.2) is 4.98 Å². The predicted octanol–water partition coefficient (Wildman–Crippen LogP) is 4.48. The molecule has 0 saturated carbocycles. The summed E-state index contributed by atoms with van der Waals surface area (Å²) in [6, 6.07) is 13.3. The molecular weight excluding hydrogens is 411 g/mol. The Balaban J connectivity index is 2.02. The van der Waals surface area contributed by atoms with Crippen molar-refractivity contribution in [3.63, 3.8) is 0 Å². The number of hydrogen-bond acceptors (Lipinski definition) is 4. The zero-order valence-corrected chi connectivity index (χ0v) is 16.1. The Labute approximate surface area is 169 Å². The molecule has 0 aliphatic heterocycles. The van der Waals surface area contributed by atoms with Crippen LogP contribution >= 0.6 is 34.8 Å². The molecule has 0 bridgehead atoms. The topological polar surface area (TPSA) is 61.2 Å². The number of alkyl halides is 3. The summed E-state index contributed by atoms with van der Waals surface area (Å²) in [5.41, 5.74) is 1.14. The van der Waals surface area contributed by atoms with Gasteiger partial charge in [0.05, 0.1) is 7.11 Å². The molecule has 4 rings (SSSR count). The van der Waals surface area contributed by atoms with E-state index in [0.717, 1.165) is 0 Å². The maximum absolute atomic E-state index is 13.1. The number of carbonyl (C=O) groups is 2. The van der Waals surface area contributed by atoms with Crippen molar-refractivity contribution in [2.75, 3.05) is 7.11 Å². The Morgan fingerprint density at radius 2 is 1.52 bits per heavy atom. The number of aromatic nitrogens is 2. The van der Waals surface area contributed by atoms with Crippen LogP contribution in [0.2, 0.25) is 0 Å². The number of carbonyl (C=O) groups excluding carboxylic acids is 2. The average Bonchev–Trinajstić information content (AvgIpc) is 3.08. The first-order chi connectivity index (χ1) is 12.8. The Bertz CT molecular complexity index is 1080. The first-order valence-corrected chi connectivity index (χ1v) is 8.99. The first-order valence-electron chi connectivity index (χ1n) is 7.85. The van der Waals surface area contributed by atoms with Crippen LogP contribution in [0.5, 0.6) is 5.75 Å². The molecule has 0 fully saturated rings. The quantitative estimate of drug-likeness (QED) is 0.448. The number of ether oxygens (including phenoxy) is 1. The molecule has 0 atom stereocenters. The Morgan fingerprint density at radius 1 is 0.926 bits per heavy atom. The number of methoxy groups -OCH3 is 1. The maximum atomic E-state index is 13.1. The monoisotopic (exact) mass is 420 g/mol. The van der Waals surface area contributed by atoms with Crippen molar-refractivity contribution in [2.24, 2.45) is 0 Å². The molecule has 0 spiro atoms. The van der Waals surface area contributed by atoms with Gasteiger partial charge in [0.25, 0.3) is 0 Å². The van der Waals surface area contributed by atoms with Gasteiger partial charge in [0.15, 0.2) is 5.82 Å². The summed E-state index contributed by atoms with van der Waals surface area (Å²) in [5, 5.41) is 0. The summed E-state index contributed by atoms with van der Waals surface area (Å²) in [6.45, 7) is 0. The normalized spacial score (nSPS) is 13.3. The van der Waals surface area contributed by atoms with Gasteiger partial charge in [-0.2, -0.15) is 0 Å². The van der Waals surface area contributed by atoms with Crippen molar-refractivity contribution >= 4 is 46.4 Å². The van der Waals surface area contributed by atoms with E-state index in [0.29, 0.717) is 17.0 Å². The lowest BCUT2D eigenvalue weighted by atomic mass is 9.90. The standard InChI is InChI=1S/C19H11Cl3N2O3/c1-27-11-8-6-10(7-9-11)24-15-14(23-18(24)19(20,21)22)16(25)12-4-2-3-5-13(12)17(15)26/h2-9H,1H3. The number of benzene rings is 2. The molecule has 2 aromatic carbocycles. The number of rotatable bonds is 2. The van der Waals surface area contributed by atoms with E-state index in [2.05, 4.69) is 4.98 Å². The second kappa shape index (κ2) is 6.37. The van der Waals surface area contributed by atoms with Gasteiger partial charge in [-0.05, 0) is 24.3 Å². The zero-order chi connectivity index (χ0) is 19.3. The highest BCUT2D eigenvalue weighted by Crippen LogP contribution is 2.41. The first kappa shape index (κ1) is 18.0. The summed E-state index contributed by atoms with van der Waals surface area (Å²) in [5.74, 6) is -0.153. The number of fused-ring (bicyclic) bond motifs is 2. The summed E-state index contributed by atoms with van der Waals surface area (Å²) in [4.78, 5) is 30.3. The molecule has 5 nitrogen and oxygen atoms in total. The second-order valence-electron chi connectivity index (χ2n) is 5.87. The molecule has 1 heterocycles. The molecule has 1 aliphatic carbocycles. The van der Waals surface area contributed by atoms with Crippen molar-refractivity contribution in [2.45, 2.75) is 3.79 Å². The molecular formula is C19H11Cl3N2O3.